The molecule has 0 spiro atoms. The lowest BCUT2D eigenvalue weighted by atomic mass is 10.0. The molecule has 0 fully saturated rings. The molecule has 0 N–H and O–H groups in total. The Kier molecular flexibility index (Phi) is 7.00. The fourth-order valence-electron chi connectivity index (χ4n) is 2.39. The van der Waals surface area contributed by atoms with Crippen LogP contribution in [0.4, 0.5) is 5.69 Å². The zero-order valence-corrected chi connectivity index (χ0v) is 17.2. The lowest BCUT2D eigenvalue weighted by molar-refractivity contribution is 0.211. The van der Waals surface area contributed by atoms with Crippen molar-refractivity contribution in [3.63, 3.8) is 0 Å². The monoisotopic (exact) mass is 403 g/mol. The van der Waals surface area contributed by atoms with Gasteiger partial charge in [0.05, 0.1) is 22.2 Å². The van der Waals surface area contributed by atoms with E-state index in [1.807, 2.05) is 31.3 Å². The molecule has 1 atom stereocenters. The fraction of sp³-hybridized carbons (Fsp3) is 0.400. The van der Waals surface area contributed by atoms with Gasteiger partial charge in [-0.1, -0.05) is 24.3 Å². The molecule has 0 aliphatic heterocycles. The fourth-order valence-corrected chi connectivity index (χ4v) is 2.78. The van der Waals surface area contributed by atoms with E-state index in [1.54, 1.807) is 0 Å². The Hall–Kier alpha value is -1.88. The van der Waals surface area contributed by atoms with E-state index in [0.29, 0.717) is 5.88 Å². The highest BCUT2D eigenvalue weighted by Gasteiger charge is 2.13. The molecule has 1 unspecified atom stereocenters. The summed E-state index contributed by atoms with van der Waals surface area (Å²) in [6.45, 7) is 9.14. The number of ether oxygens (including phenoxy) is 1. The van der Waals surface area contributed by atoms with Gasteiger partial charge < -0.3 is 9.64 Å². The van der Waals surface area contributed by atoms with Crippen LogP contribution in [0, 0.1) is 13.8 Å². The highest BCUT2D eigenvalue weighted by atomic mass is 79.9. The summed E-state index contributed by atoms with van der Waals surface area (Å²) < 4.78 is 6.89. The summed E-state index contributed by atoms with van der Waals surface area (Å²) in [5, 5.41) is 0. The summed E-state index contributed by atoms with van der Waals surface area (Å²) in [4.78, 5) is 11.1. The number of hydrogen-bond donors (Lipinski definition) is 0. The van der Waals surface area contributed by atoms with Crippen molar-refractivity contribution in [2.75, 3.05) is 13.6 Å². The molecular weight excluding hydrogens is 378 g/mol. The van der Waals surface area contributed by atoms with Crippen molar-refractivity contribution < 1.29 is 4.74 Å². The number of aliphatic imine (C=N–C) groups is 1. The second-order valence-corrected chi connectivity index (χ2v) is 7.11. The lowest BCUT2D eigenvalue weighted by Gasteiger charge is -2.17. The molecule has 4 nitrogen and oxygen atoms in total. The van der Waals surface area contributed by atoms with Crippen molar-refractivity contribution in [1.29, 1.82) is 0 Å². The number of aromatic nitrogens is 1. The number of halogens is 1. The van der Waals surface area contributed by atoms with Gasteiger partial charge in [0.15, 0.2) is 0 Å². The highest BCUT2D eigenvalue weighted by molar-refractivity contribution is 9.10. The van der Waals surface area contributed by atoms with E-state index in [-0.39, 0.29) is 6.10 Å². The second kappa shape index (κ2) is 8.99. The van der Waals surface area contributed by atoms with E-state index in [0.717, 1.165) is 28.8 Å². The molecule has 0 aliphatic rings. The Bertz CT molecular complexity index is 746. The summed E-state index contributed by atoms with van der Waals surface area (Å²) in [5.74, 6) is 0.612. The van der Waals surface area contributed by atoms with E-state index in [1.165, 1.54) is 11.1 Å². The van der Waals surface area contributed by atoms with Crippen molar-refractivity contribution in [1.82, 2.24) is 9.88 Å². The van der Waals surface area contributed by atoms with Crippen molar-refractivity contribution in [2.24, 2.45) is 4.99 Å². The number of nitrogens with zero attached hydrogens (tertiary/aromatic N) is 3. The summed E-state index contributed by atoms with van der Waals surface area (Å²) in [5.41, 5.74) is 4.27. The third-order valence-electron chi connectivity index (χ3n) is 4.08. The molecule has 0 radical (unpaired) electrons. The van der Waals surface area contributed by atoms with Crippen molar-refractivity contribution in [3.8, 4) is 5.88 Å². The van der Waals surface area contributed by atoms with E-state index >= 15 is 0 Å². The molecule has 1 heterocycles. The molecular formula is C20H26BrN3O. The molecule has 0 saturated heterocycles. The van der Waals surface area contributed by atoms with Gasteiger partial charge in [0.2, 0.25) is 5.88 Å². The van der Waals surface area contributed by atoms with Crippen LogP contribution in [0.5, 0.6) is 5.88 Å². The number of aryl methyl sites for hydroxylation is 2. The van der Waals surface area contributed by atoms with E-state index in [9.17, 15) is 0 Å². The van der Waals surface area contributed by atoms with Gasteiger partial charge in [-0.15, -0.1) is 0 Å². The van der Waals surface area contributed by atoms with E-state index in [4.69, 9.17) is 4.74 Å². The van der Waals surface area contributed by atoms with E-state index in [2.05, 4.69) is 70.9 Å². The van der Waals surface area contributed by atoms with Crippen LogP contribution in [0.1, 0.15) is 30.7 Å². The maximum absolute atomic E-state index is 6.07. The average molecular weight is 404 g/mol. The van der Waals surface area contributed by atoms with Crippen LogP contribution in [-0.4, -0.2) is 35.9 Å². The molecule has 2 aromatic rings. The summed E-state index contributed by atoms with van der Waals surface area (Å²) in [7, 11) is 1.99. The summed E-state index contributed by atoms with van der Waals surface area (Å²) >= 11 is 3.56. The van der Waals surface area contributed by atoms with Gasteiger partial charge in [0.1, 0.15) is 6.10 Å². The molecule has 0 aliphatic carbocycles. The lowest BCUT2D eigenvalue weighted by Crippen LogP contribution is -2.17. The number of pyridine rings is 1. The van der Waals surface area contributed by atoms with Gasteiger partial charge in [-0.2, -0.15) is 0 Å². The number of hydrogen-bond acceptors (Lipinski definition) is 3. The molecule has 134 valence electrons. The third-order valence-corrected chi connectivity index (χ3v) is 4.65. The Morgan fingerprint density at radius 1 is 1.32 bits per heavy atom. The summed E-state index contributed by atoms with van der Waals surface area (Å²) in [6, 6.07) is 10.3. The third kappa shape index (κ3) is 5.56. The van der Waals surface area contributed by atoms with Crippen molar-refractivity contribution >= 4 is 28.0 Å². The minimum Gasteiger partial charge on any atom is -0.473 e. The highest BCUT2D eigenvalue weighted by Crippen LogP contribution is 2.30. The normalized spacial score (nSPS) is 12.4. The van der Waals surface area contributed by atoms with Crippen LogP contribution >= 0.6 is 15.9 Å². The Morgan fingerprint density at radius 2 is 2.04 bits per heavy atom. The molecule has 25 heavy (non-hydrogen) atoms. The minimum atomic E-state index is 0.0323. The standard InChI is InChI=1S/C20H26BrN3O/c1-6-24(5)13-22-19-12-18(21)20(23-16(19)4)25-15(3)11-17-10-8-7-9-14(17)2/h7-10,12-13,15H,6,11H2,1-5H3/b22-13+. The van der Waals surface area contributed by atoms with Gasteiger partial charge in [0, 0.05) is 20.0 Å². The van der Waals surface area contributed by atoms with Gasteiger partial charge >= 0.3 is 0 Å². The van der Waals surface area contributed by atoms with Gasteiger partial charge in [-0.25, -0.2) is 9.98 Å². The first-order chi connectivity index (χ1) is 11.9. The largest absolute Gasteiger partial charge is 0.473 e. The molecule has 1 aromatic heterocycles. The quantitative estimate of drug-likeness (QED) is 0.477. The molecule has 1 aromatic carbocycles. The van der Waals surface area contributed by atoms with Crippen molar-refractivity contribution in [2.45, 2.75) is 40.2 Å². The van der Waals surface area contributed by atoms with Crippen LogP contribution in [0.25, 0.3) is 0 Å². The predicted octanol–water partition coefficient (Wildman–Crippen LogP) is 5.08. The molecule has 0 saturated carbocycles. The Labute approximate surface area is 159 Å². The second-order valence-electron chi connectivity index (χ2n) is 6.26. The van der Waals surface area contributed by atoms with Gasteiger partial charge in [-0.3, -0.25) is 0 Å². The van der Waals surface area contributed by atoms with Gasteiger partial charge in [-0.05, 0) is 60.8 Å². The van der Waals surface area contributed by atoms with Crippen LogP contribution in [0.3, 0.4) is 0 Å². The zero-order chi connectivity index (χ0) is 18.4. The first kappa shape index (κ1) is 19.4. The molecule has 0 amide bonds. The summed E-state index contributed by atoms with van der Waals surface area (Å²) in [6.07, 6.45) is 2.70. The SMILES string of the molecule is CCN(C)/C=N/c1cc(Br)c(OC(C)Cc2ccccc2C)nc1C. The van der Waals surface area contributed by atoms with Crippen molar-refractivity contribution in [3.05, 3.63) is 51.6 Å². The topological polar surface area (TPSA) is 37.7 Å². The smallest absolute Gasteiger partial charge is 0.228 e. The van der Waals surface area contributed by atoms with Crippen LogP contribution in [0.15, 0.2) is 39.8 Å². The Balaban J connectivity index is 2.11. The maximum atomic E-state index is 6.07. The Morgan fingerprint density at radius 3 is 2.72 bits per heavy atom. The van der Waals surface area contributed by atoms with Gasteiger partial charge in [0.25, 0.3) is 0 Å². The van der Waals surface area contributed by atoms with E-state index < -0.39 is 0 Å². The molecule has 5 heteroatoms. The average Bonchev–Trinajstić information content (AvgIpc) is 2.58. The first-order valence-corrected chi connectivity index (χ1v) is 9.32. The molecule has 2 rings (SSSR count). The first-order valence-electron chi connectivity index (χ1n) is 8.53. The number of rotatable bonds is 7. The zero-order valence-electron chi connectivity index (χ0n) is 15.6. The number of benzene rings is 1. The molecule has 0 bridgehead atoms. The maximum Gasteiger partial charge on any atom is 0.228 e. The van der Waals surface area contributed by atoms with Crippen LogP contribution < -0.4 is 4.74 Å². The minimum absolute atomic E-state index is 0.0323. The van der Waals surface area contributed by atoms with Crippen LogP contribution in [-0.2, 0) is 6.42 Å². The van der Waals surface area contributed by atoms with Crippen LogP contribution in [0.2, 0.25) is 0 Å². The predicted molar refractivity (Wildman–Crippen MR) is 108 cm³/mol.